The van der Waals surface area contributed by atoms with Gasteiger partial charge in [0.2, 0.25) is 0 Å². The van der Waals surface area contributed by atoms with Crippen LogP contribution in [0.3, 0.4) is 0 Å². The van der Waals surface area contributed by atoms with Gasteiger partial charge >= 0.3 is 0 Å². The third-order valence-electron chi connectivity index (χ3n) is 2.74. The molecule has 2 nitrogen and oxygen atoms in total. The average molecular weight is 210 g/mol. The molecule has 0 saturated carbocycles. The van der Waals surface area contributed by atoms with E-state index in [0.717, 1.165) is 19.5 Å². The zero-order chi connectivity index (χ0) is 10.1. The van der Waals surface area contributed by atoms with Crippen LogP contribution in [0.15, 0.2) is 0 Å². The topological polar surface area (TPSA) is 24.9 Å². The van der Waals surface area contributed by atoms with Crippen LogP contribution in [0.4, 0.5) is 0 Å². The Labute approximate surface area is 89.8 Å². The van der Waals surface area contributed by atoms with E-state index in [1.165, 1.54) is 15.6 Å². The smallest absolute Gasteiger partial charge is 0.0987 e. The van der Waals surface area contributed by atoms with Crippen molar-refractivity contribution >= 4 is 11.3 Å². The van der Waals surface area contributed by atoms with Gasteiger partial charge in [-0.05, 0) is 12.3 Å². The predicted molar refractivity (Wildman–Crippen MR) is 61.2 cm³/mol. The first-order valence-electron chi connectivity index (χ1n) is 5.42. The lowest BCUT2D eigenvalue weighted by molar-refractivity contribution is 0.446. The minimum Gasteiger partial charge on any atom is -0.315 e. The van der Waals surface area contributed by atoms with Crippen LogP contribution < -0.4 is 5.32 Å². The van der Waals surface area contributed by atoms with Gasteiger partial charge < -0.3 is 5.32 Å². The van der Waals surface area contributed by atoms with Gasteiger partial charge in [0.15, 0.2) is 0 Å². The molecule has 0 aromatic carbocycles. The summed E-state index contributed by atoms with van der Waals surface area (Å²) >= 11 is 1.92. The highest BCUT2D eigenvalue weighted by molar-refractivity contribution is 7.11. The minimum absolute atomic E-state index is 0.572. The third-order valence-corrected chi connectivity index (χ3v) is 4.12. The Hall–Kier alpha value is -0.410. The van der Waals surface area contributed by atoms with Crippen molar-refractivity contribution in [3.8, 4) is 0 Å². The van der Waals surface area contributed by atoms with Crippen LogP contribution in [0.25, 0.3) is 0 Å². The molecular weight excluding hydrogens is 192 g/mol. The van der Waals surface area contributed by atoms with Crippen molar-refractivity contribution in [2.75, 3.05) is 13.1 Å². The molecule has 0 atom stereocenters. The molecule has 0 unspecified atom stereocenters. The first kappa shape index (κ1) is 10.1. The molecule has 0 radical (unpaired) electrons. The van der Waals surface area contributed by atoms with Crippen molar-refractivity contribution in [2.45, 2.75) is 39.0 Å². The summed E-state index contributed by atoms with van der Waals surface area (Å²) in [4.78, 5) is 6.27. The second-order valence-electron chi connectivity index (χ2n) is 4.22. The van der Waals surface area contributed by atoms with Gasteiger partial charge in [-0.3, -0.25) is 0 Å². The molecule has 2 heterocycles. The summed E-state index contributed by atoms with van der Waals surface area (Å²) in [5.41, 5.74) is 1.33. The second-order valence-corrected chi connectivity index (χ2v) is 5.34. The van der Waals surface area contributed by atoms with Crippen LogP contribution in [0.5, 0.6) is 0 Å². The van der Waals surface area contributed by atoms with Crippen LogP contribution in [-0.4, -0.2) is 18.1 Å². The number of rotatable bonds is 3. The number of nitrogens with zero attached hydrogens (tertiary/aromatic N) is 1. The molecule has 0 spiro atoms. The number of nitrogens with one attached hydrogen (secondary N) is 1. The fourth-order valence-electron chi connectivity index (χ4n) is 1.72. The van der Waals surface area contributed by atoms with E-state index < -0.39 is 0 Å². The van der Waals surface area contributed by atoms with Crippen LogP contribution in [0, 0.1) is 0 Å². The number of hydrogen-bond donors (Lipinski definition) is 1. The van der Waals surface area contributed by atoms with E-state index in [4.69, 9.17) is 4.98 Å². The molecule has 1 saturated heterocycles. The molecule has 2 rings (SSSR count). The Kier molecular flexibility index (Phi) is 2.88. The second kappa shape index (κ2) is 3.99. The summed E-state index contributed by atoms with van der Waals surface area (Å²) in [5.74, 6) is 1.26. The summed E-state index contributed by atoms with van der Waals surface area (Å²) < 4.78 is 0. The summed E-state index contributed by atoms with van der Waals surface area (Å²) in [5, 5.41) is 4.65. The number of thiazole rings is 1. The molecule has 1 aliphatic heterocycles. The van der Waals surface area contributed by atoms with Crippen molar-refractivity contribution in [3.05, 3.63) is 15.6 Å². The molecular formula is C11H18N2S. The summed E-state index contributed by atoms with van der Waals surface area (Å²) in [6.07, 6.45) is 1.13. The van der Waals surface area contributed by atoms with Gasteiger partial charge in [0, 0.05) is 23.9 Å². The highest BCUT2D eigenvalue weighted by atomic mass is 32.1. The van der Waals surface area contributed by atoms with Crippen LogP contribution in [0.2, 0.25) is 0 Å². The molecule has 1 N–H and O–H groups in total. The Bertz CT molecular complexity index is 313. The number of aryl methyl sites for hydroxylation is 1. The molecule has 14 heavy (non-hydrogen) atoms. The Morgan fingerprint density at radius 1 is 1.50 bits per heavy atom. The lowest BCUT2D eigenvalue weighted by Gasteiger charge is -2.24. The highest BCUT2D eigenvalue weighted by Crippen LogP contribution is 2.31. The van der Waals surface area contributed by atoms with Crippen molar-refractivity contribution in [3.63, 3.8) is 0 Å². The van der Waals surface area contributed by atoms with E-state index in [0.29, 0.717) is 11.8 Å². The molecule has 78 valence electrons. The van der Waals surface area contributed by atoms with Crippen LogP contribution >= 0.6 is 11.3 Å². The molecule has 0 bridgehead atoms. The predicted octanol–water partition coefficient (Wildman–Crippen LogP) is 2.52. The SMILES string of the molecule is CCc1sc(C2CNC2)nc1C(C)C. The zero-order valence-corrected chi connectivity index (χ0v) is 9.95. The standard InChI is InChI=1S/C11H18N2S/c1-4-9-10(7(2)3)13-11(14-9)8-5-12-6-8/h7-8,12H,4-6H2,1-3H3. The Morgan fingerprint density at radius 2 is 2.21 bits per heavy atom. The van der Waals surface area contributed by atoms with E-state index >= 15 is 0 Å². The summed E-state index contributed by atoms with van der Waals surface area (Å²) in [6, 6.07) is 0. The maximum Gasteiger partial charge on any atom is 0.0987 e. The van der Waals surface area contributed by atoms with E-state index in [-0.39, 0.29) is 0 Å². The van der Waals surface area contributed by atoms with Crippen LogP contribution in [-0.2, 0) is 6.42 Å². The lowest BCUT2D eigenvalue weighted by atomic mass is 10.0. The van der Waals surface area contributed by atoms with Gasteiger partial charge in [-0.25, -0.2) is 4.98 Å². The molecule has 1 aromatic heterocycles. The maximum atomic E-state index is 4.78. The number of hydrogen-bond acceptors (Lipinski definition) is 3. The largest absolute Gasteiger partial charge is 0.315 e. The van der Waals surface area contributed by atoms with Gasteiger partial charge in [-0.1, -0.05) is 20.8 Å². The number of aromatic nitrogens is 1. The lowest BCUT2D eigenvalue weighted by Crippen LogP contribution is -2.39. The van der Waals surface area contributed by atoms with Gasteiger partial charge in [0.1, 0.15) is 0 Å². The fourth-order valence-corrected chi connectivity index (χ4v) is 2.98. The molecule has 0 aliphatic carbocycles. The van der Waals surface area contributed by atoms with Crippen molar-refractivity contribution in [1.29, 1.82) is 0 Å². The summed E-state index contributed by atoms with van der Waals surface area (Å²) in [6.45, 7) is 8.93. The quantitative estimate of drug-likeness (QED) is 0.829. The first-order valence-corrected chi connectivity index (χ1v) is 6.24. The normalized spacial score (nSPS) is 17.4. The zero-order valence-electron chi connectivity index (χ0n) is 9.13. The Morgan fingerprint density at radius 3 is 2.57 bits per heavy atom. The van der Waals surface area contributed by atoms with Gasteiger partial charge in [0.05, 0.1) is 10.7 Å². The van der Waals surface area contributed by atoms with Gasteiger partial charge in [0.25, 0.3) is 0 Å². The van der Waals surface area contributed by atoms with Gasteiger partial charge in [-0.15, -0.1) is 11.3 Å². The van der Waals surface area contributed by atoms with Crippen molar-refractivity contribution in [1.82, 2.24) is 10.3 Å². The van der Waals surface area contributed by atoms with E-state index in [1.807, 2.05) is 11.3 Å². The Balaban J connectivity index is 2.25. The molecule has 0 amide bonds. The van der Waals surface area contributed by atoms with Gasteiger partial charge in [-0.2, -0.15) is 0 Å². The van der Waals surface area contributed by atoms with E-state index in [1.54, 1.807) is 0 Å². The monoisotopic (exact) mass is 210 g/mol. The maximum absolute atomic E-state index is 4.78. The third kappa shape index (κ3) is 1.71. The van der Waals surface area contributed by atoms with E-state index in [9.17, 15) is 0 Å². The van der Waals surface area contributed by atoms with E-state index in [2.05, 4.69) is 26.1 Å². The minimum atomic E-state index is 0.572. The van der Waals surface area contributed by atoms with Crippen LogP contribution in [0.1, 0.15) is 48.2 Å². The van der Waals surface area contributed by atoms with Crippen molar-refractivity contribution in [2.24, 2.45) is 0 Å². The molecule has 3 heteroatoms. The fraction of sp³-hybridized carbons (Fsp3) is 0.727. The molecule has 1 aliphatic rings. The van der Waals surface area contributed by atoms with Crippen molar-refractivity contribution < 1.29 is 0 Å². The molecule has 1 aromatic rings. The first-order chi connectivity index (χ1) is 6.72. The molecule has 1 fully saturated rings. The average Bonchev–Trinajstić information content (AvgIpc) is 2.45. The summed E-state index contributed by atoms with van der Waals surface area (Å²) in [7, 11) is 0. The highest BCUT2D eigenvalue weighted by Gasteiger charge is 2.24.